The lowest BCUT2D eigenvalue weighted by Crippen LogP contribution is -2.33. The van der Waals surface area contributed by atoms with Crippen LogP contribution in [0.2, 0.25) is 0 Å². The number of anilines is 1. The molecule has 2 aliphatic rings. The number of aromatic nitrogens is 2. The summed E-state index contributed by atoms with van der Waals surface area (Å²) < 4.78 is 18.2. The zero-order chi connectivity index (χ0) is 18.8. The fraction of sp³-hybridized carbons (Fsp3) is 0.333. The van der Waals surface area contributed by atoms with Crippen molar-refractivity contribution in [2.24, 2.45) is 0 Å². The second-order valence-corrected chi connectivity index (χ2v) is 6.27. The van der Waals surface area contributed by atoms with Crippen LogP contribution >= 0.6 is 0 Å². The van der Waals surface area contributed by atoms with E-state index >= 15 is 0 Å². The van der Waals surface area contributed by atoms with E-state index in [0.29, 0.717) is 30.7 Å². The maximum Gasteiger partial charge on any atom is 0.293 e. The first-order chi connectivity index (χ1) is 13.2. The zero-order valence-electron chi connectivity index (χ0n) is 14.4. The van der Waals surface area contributed by atoms with E-state index in [4.69, 9.17) is 4.42 Å². The third kappa shape index (κ3) is 3.27. The van der Waals surface area contributed by atoms with Gasteiger partial charge in [-0.25, -0.2) is 14.4 Å². The van der Waals surface area contributed by atoms with Crippen LogP contribution in [0, 0.1) is 0 Å². The van der Waals surface area contributed by atoms with Crippen molar-refractivity contribution in [1.29, 1.82) is 0 Å². The van der Waals surface area contributed by atoms with Gasteiger partial charge >= 0.3 is 0 Å². The number of rotatable bonds is 5. The summed E-state index contributed by atoms with van der Waals surface area (Å²) in [7, 11) is 0. The Kier molecular flexibility index (Phi) is 4.57. The van der Waals surface area contributed by atoms with Crippen LogP contribution < -0.4 is 10.6 Å². The largest absolute Gasteiger partial charge is 0.459 e. The van der Waals surface area contributed by atoms with Crippen molar-refractivity contribution in [3.63, 3.8) is 0 Å². The maximum absolute atomic E-state index is 13.1. The van der Waals surface area contributed by atoms with Crippen LogP contribution in [-0.2, 0) is 4.79 Å². The highest BCUT2D eigenvalue weighted by Crippen LogP contribution is 2.40. The SMILES string of the molecule is O=C1NCCC2=C1CC(c1ccnc(NC(=O)c3ccco3)n1)N2CCF. The predicted molar refractivity (Wildman–Crippen MR) is 93.4 cm³/mol. The molecule has 140 valence electrons. The summed E-state index contributed by atoms with van der Waals surface area (Å²) >= 11 is 0. The highest BCUT2D eigenvalue weighted by molar-refractivity contribution is 6.01. The van der Waals surface area contributed by atoms with Gasteiger partial charge in [-0.2, -0.15) is 0 Å². The second kappa shape index (κ2) is 7.18. The van der Waals surface area contributed by atoms with Gasteiger partial charge in [0.2, 0.25) is 11.9 Å². The Balaban J connectivity index is 1.58. The number of halogens is 1. The van der Waals surface area contributed by atoms with Gasteiger partial charge in [0.25, 0.3) is 5.91 Å². The number of amides is 2. The van der Waals surface area contributed by atoms with E-state index < -0.39 is 12.6 Å². The first-order valence-corrected chi connectivity index (χ1v) is 8.68. The Morgan fingerprint density at radius 2 is 2.33 bits per heavy atom. The monoisotopic (exact) mass is 371 g/mol. The minimum atomic E-state index is -0.526. The van der Waals surface area contributed by atoms with Crippen LogP contribution in [0.1, 0.15) is 35.1 Å². The van der Waals surface area contributed by atoms with Crippen LogP contribution in [0.15, 0.2) is 46.3 Å². The Hall–Kier alpha value is -3.23. The average molecular weight is 371 g/mol. The zero-order valence-corrected chi connectivity index (χ0v) is 14.4. The van der Waals surface area contributed by atoms with Gasteiger partial charge < -0.3 is 14.6 Å². The van der Waals surface area contributed by atoms with E-state index in [1.807, 2.05) is 4.90 Å². The van der Waals surface area contributed by atoms with Gasteiger partial charge in [-0.05, 0) is 18.2 Å². The summed E-state index contributed by atoms with van der Waals surface area (Å²) in [6.45, 7) is 0.207. The van der Waals surface area contributed by atoms with Gasteiger partial charge in [-0.3, -0.25) is 14.9 Å². The molecule has 1 atom stereocenters. The molecule has 2 N–H and O–H groups in total. The summed E-state index contributed by atoms with van der Waals surface area (Å²) in [5, 5.41) is 5.41. The molecule has 4 rings (SSSR count). The van der Waals surface area contributed by atoms with Crippen LogP contribution in [0.25, 0.3) is 0 Å². The van der Waals surface area contributed by atoms with Gasteiger partial charge in [0.15, 0.2) is 5.76 Å². The highest BCUT2D eigenvalue weighted by Gasteiger charge is 2.37. The molecule has 4 heterocycles. The van der Waals surface area contributed by atoms with Crippen LogP contribution in [0.5, 0.6) is 0 Å². The molecule has 0 saturated heterocycles. The Bertz CT molecular complexity index is 896. The predicted octanol–water partition coefficient (Wildman–Crippen LogP) is 1.81. The fourth-order valence-corrected chi connectivity index (χ4v) is 3.54. The normalized spacial score (nSPS) is 19.1. The van der Waals surface area contributed by atoms with E-state index in [0.717, 1.165) is 5.70 Å². The molecule has 0 saturated carbocycles. The molecule has 2 aromatic heterocycles. The average Bonchev–Trinajstić information content (AvgIpc) is 3.32. The van der Waals surface area contributed by atoms with E-state index in [2.05, 4.69) is 20.6 Å². The number of hydrogen-bond donors (Lipinski definition) is 2. The molecule has 2 aromatic rings. The summed E-state index contributed by atoms with van der Waals surface area (Å²) in [6.07, 6.45) is 4.06. The number of hydrogen-bond acceptors (Lipinski definition) is 6. The van der Waals surface area contributed by atoms with Gasteiger partial charge in [-0.1, -0.05) is 0 Å². The summed E-state index contributed by atoms with van der Waals surface area (Å²) in [6, 6.07) is 4.60. The van der Waals surface area contributed by atoms with Crippen molar-refractivity contribution in [2.75, 3.05) is 25.1 Å². The van der Waals surface area contributed by atoms with Crippen LogP contribution in [0.3, 0.4) is 0 Å². The van der Waals surface area contributed by atoms with E-state index in [9.17, 15) is 14.0 Å². The van der Waals surface area contributed by atoms with Gasteiger partial charge in [0.1, 0.15) is 6.67 Å². The first-order valence-electron chi connectivity index (χ1n) is 8.68. The van der Waals surface area contributed by atoms with Crippen molar-refractivity contribution in [1.82, 2.24) is 20.2 Å². The van der Waals surface area contributed by atoms with Gasteiger partial charge in [-0.15, -0.1) is 0 Å². The van der Waals surface area contributed by atoms with Gasteiger partial charge in [0.05, 0.1) is 18.0 Å². The Morgan fingerprint density at radius 3 is 3.11 bits per heavy atom. The van der Waals surface area contributed by atoms with E-state index in [1.165, 1.54) is 18.5 Å². The fourth-order valence-electron chi connectivity index (χ4n) is 3.54. The van der Waals surface area contributed by atoms with Crippen LogP contribution in [0.4, 0.5) is 10.3 Å². The molecular formula is C18H18FN5O3. The molecule has 0 bridgehead atoms. The first kappa shape index (κ1) is 17.2. The number of nitrogens with one attached hydrogen (secondary N) is 2. The van der Waals surface area contributed by atoms with E-state index in [-0.39, 0.29) is 30.2 Å². The lowest BCUT2D eigenvalue weighted by molar-refractivity contribution is -0.117. The van der Waals surface area contributed by atoms with Crippen molar-refractivity contribution in [2.45, 2.75) is 18.9 Å². The molecule has 2 amide bonds. The molecule has 0 fully saturated rings. The second-order valence-electron chi connectivity index (χ2n) is 6.27. The lowest BCUT2D eigenvalue weighted by atomic mass is 10.0. The smallest absolute Gasteiger partial charge is 0.293 e. The lowest BCUT2D eigenvalue weighted by Gasteiger charge is -2.29. The quantitative estimate of drug-likeness (QED) is 0.831. The molecule has 0 spiro atoms. The Morgan fingerprint density at radius 1 is 1.44 bits per heavy atom. The third-order valence-electron chi connectivity index (χ3n) is 4.70. The molecule has 0 aliphatic carbocycles. The highest BCUT2D eigenvalue weighted by atomic mass is 19.1. The molecular weight excluding hydrogens is 353 g/mol. The number of carbonyl (C=O) groups excluding carboxylic acids is 2. The molecule has 1 unspecified atom stereocenters. The Labute approximate surface area is 154 Å². The minimum absolute atomic E-state index is 0.108. The number of nitrogens with zero attached hydrogens (tertiary/aromatic N) is 3. The van der Waals surface area contributed by atoms with Crippen LogP contribution in [-0.4, -0.2) is 46.4 Å². The van der Waals surface area contributed by atoms with Crippen molar-refractivity contribution in [3.05, 3.63) is 53.4 Å². The molecule has 8 nitrogen and oxygen atoms in total. The summed E-state index contributed by atoms with van der Waals surface area (Å²) in [5.74, 6) is -0.287. The third-order valence-corrected chi connectivity index (χ3v) is 4.70. The number of carbonyl (C=O) groups is 2. The molecule has 2 aliphatic heterocycles. The standard InChI is InChI=1S/C18H18FN5O3/c19-5-8-24-13-4-7-20-16(25)11(13)10-14(24)12-3-6-21-18(22-12)23-17(26)15-2-1-9-27-15/h1-3,6,9,14H,4-5,7-8,10H2,(H,20,25)(H,21,22,23,26). The topological polar surface area (TPSA) is 100 Å². The van der Waals surface area contributed by atoms with Crippen molar-refractivity contribution in [3.8, 4) is 0 Å². The summed E-state index contributed by atoms with van der Waals surface area (Å²) in [4.78, 5) is 34.7. The molecule has 0 radical (unpaired) electrons. The number of furan rings is 1. The number of alkyl halides is 1. The minimum Gasteiger partial charge on any atom is -0.459 e. The maximum atomic E-state index is 13.1. The molecule has 27 heavy (non-hydrogen) atoms. The van der Waals surface area contributed by atoms with E-state index in [1.54, 1.807) is 12.1 Å². The molecule has 0 aromatic carbocycles. The molecule has 9 heteroatoms. The summed E-state index contributed by atoms with van der Waals surface area (Å²) in [5.41, 5.74) is 2.18. The van der Waals surface area contributed by atoms with Crippen molar-refractivity contribution >= 4 is 17.8 Å². The van der Waals surface area contributed by atoms with Crippen molar-refractivity contribution < 1.29 is 18.4 Å². The van der Waals surface area contributed by atoms with Gasteiger partial charge in [0, 0.05) is 43.4 Å².